The van der Waals surface area contributed by atoms with Crippen molar-refractivity contribution < 1.29 is 4.42 Å². The Morgan fingerprint density at radius 3 is 2.38 bits per heavy atom. The van der Waals surface area contributed by atoms with E-state index < -0.39 is 0 Å². The van der Waals surface area contributed by atoms with Crippen LogP contribution in [0.2, 0.25) is 0 Å². The number of nitrogens with zero attached hydrogens (tertiary/aromatic N) is 1. The molecule has 0 aliphatic heterocycles. The van der Waals surface area contributed by atoms with Gasteiger partial charge < -0.3 is 10.2 Å². The molecule has 0 fully saturated rings. The summed E-state index contributed by atoms with van der Waals surface area (Å²) in [6, 6.07) is 8.44. The zero-order valence-electron chi connectivity index (χ0n) is 9.82. The van der Waals surface area contributed by atoms with Crippen LogP contribution >= 0.6 is 0 Å². The number of benzene rings is 1. The summed E-state index contributed by atoms with van der Waals surface area (Å²) in [7, 11) is 0. The Morgan fingerprint density at radius 1 is 1.19 bits per heavy atom. The summed E-state index contributed by atoms with van der Waals surface area (Å²) in [6.07, 6.45) is 0. The molecule has 0 radical (unpaired) electrons. The molecule has 3 nitrogen and oxygen atoms in total. The minimum absolute atomic E-state index is 0.235. The average molecular weight is 216 g/mol. The van der Waals surface area contributed by atoms with E-state index in [0.717, 1.165) is 17.0 Å². The maximum Gasteiger partial charge on any atom is 0.292 e. The molecule has 0 aliphatic carbocycles. The van der Waals surface area contributed by atoms with Crippen molar-refractivity contribution in [3.8, 4) is 11.3 Å². The lowest BCUT2D eigenvalue weighted by Gasteiger charge is -2.03. The topological polar surface area (TPSA) is 52.0 Å². The second kappa shape index (κ2) is 4.00. The van der Waals surface area contributed by atoms with E-state index in [4.69, 9.17) is 10.2 Å². The first-order valence-corrected chi connectivity index (χ1v) is 5.41. The Kier molecular flexibility index (Phi) is 2.69. The predicted octanol–water partition coefficient (Wildman–Crippen LogP) is 3.36. The van der Waals surface area contributed by atoms with Gasteiger partial charge in [0.05, 0.1) is 0 Å². The van der Waals surface area contributed by atoms with Crippen molar-refractivity contribution in [1.82, 2.24) is 4.98 Å². The van der Waals surface area contributed by atoms with Crippen molar-refractivity contribution in [3.05, 3.63) is 35.6 Å². The SMILES string of the molecule is Cc1ccc(-c2nc(N)oc2C(C)C)cc1. The summed E-state index contributed by atoms with van der Waals surface area (Å²) in [4.78, 5) is 4.24. The third-order valence-electron chi connectivity index (χ3n) is 2.52. The van der Waals surface area contributed by atoms with Gasteiger partial charge in [0.25, 0.3) is 6.01 Å². The molecule has 0 bridgehead atoms. The van der Waals surface area contributed by atoms with Crippen molar-refractivity contribution in [2.45, 2.75) is 26.7 Å². The second-order valence-corrected chi connectivity index (χ2v) is 4.29. The van der Waals surface area contributed by atoms with Gasteiger partial charge in [-0.05, 0) is 6.92 Å². The average Bonchev–Trinajstić information content (AvgIpc) is 2.61. The highest BCUT2D eigenvalue weighted by atomic mass is 16.4. The van der Waals surface area contributed by atoms with E-state index in [-0.39, 0.29) is 11.9 Å². The van der Waals surface area contributed by atoms with Gasteiger partial charge in [0.15, 0.2) is 0 Å². The molecule has 2 aromatic rings. The number of nitrogen functional groups attached to an aromatic ring is 1. The number of anilines is 1. The molecular formula is C13H16N2O. The van der Waals surface area contributed by atoms with Gasteiger partial charge in [-0.1, -0.05) is 43.7 Å². The maximum atomic E-state index is 5.61. The molecule has 0 saturated carbocycles. The van der Waals surface area contributed by atoms with Crippen LogP contribution in [0, 0.1) is 6.92 Å². The first kappa shape index (κ1) is 10.7. The number of oxazole rings is 1. The maximum absolute atomic E-state index is 5.61. The molecule has 16 heavy (non-hydrogen) atoms. The number of nitrogens with two attached hydrogens (primary N) is 1. The Labute approximate surface area is 95.3 Å². The molecule has 0 spiro atoms. The molecule has 2 N–H and O–H groups in total. The Balaban J connectivity index is 2.50. The van der Waals surface area contributed by atoms with Gasteiger partial charge in [0, 0.05) is 11.5 Å². The van der Waals surface area contributed by atoms with E-state index in [1.807, 2.05) is 12.1 Å². The van der Waals surface area contributed by atoms with E-state index in [2.05, 4.69) is 37.9 Å². The molecule has 0 unspecified atom stereocenters. The molecule has 1 aromatic carbocycles. The van der Waals surface area contributed by atoms with Gasteiger partial charge in [-0.25, -0.2) is 0 Å². The second-order valence-electron chi connectivity index (χ2n) is 4.29. The highest BCUT2D eigenvalue weighted by Crippen LogP contribution is 2.30. The van der Waals surface area contributed by atoms with Crippen LogP contribution in [0.3, 0.4) is 0 Å². The Hall–Kier alpha value is -1.77. The van der Waals surface area contributed by atoms with E-state index in [0.29, 0.717) is 0 Å². The first-order chi connectivity index (χ1) is 7.58. The third-order valence-corrected chi connectivity index (χ3v) is 2.52. The van der Waals surface area contributed by atoms with Gasteiger partial charge in [-0.15, -0.1) is 0 Å². The molecule has 2 rings (SSSR count). The van der Waals surface area contributed by atoms with Crippen LogP contribution in [0.1, 0.15) is 31.1 Å². The zero-order valence-corrected chi connectivity index (χ0v) is 9.82. The van der Waals surface area contributed by atoms with Crippen molar-refractivity contribution in [2.24, 2.45) is 0 Å². The lowest BCUT2D eigenvalue weighted by Crippen LogP contribution is -1.89. The Morgan fingerprint density at radius 2 is 1.81 bits per heavy atom. The van der Waals surface area contributed by atoms with Crippen LogP contribution in [0.25, 0.3) is 11.3 Å². The van der Waals surface area contributed by atoms with E-state index in [1.54, 1.807) is 0 Å². The predicted molar refractivity (Wildman–Crippen MR) is 65.2 cm³/mol. The van der Waals surface area contributed by atoms with E-state index >= 15 is 0 Å². The van der Waals surface area contributed by atoms with E-state index in [1.165, 1.54) is 5.56 Å². The minimum Gasteiger partial charge on any atom is -0.428 e. The summed E-state index contributed by atoms with van der Waals surface area (Å²) >= 11 is 0. The lowest BCUT2D eigenvalue weighted by molar-refractivity contribution is 0.500. The van der Waals surface area contributed by atoms with Gasteiger partial charge in [-0.3, -0.25) is 0 Å². The van der Waals surface area contributed by atoms with Gasteiger partial charge in [-0.2, -0.15) is 4.98 Å². The first-order valence-electron chi connectivity index (χ1n) is 5.41. The molecule has 0 aliphatic rings. The third kappa shape index (κ3) is 1.94. The highest BCUT2D eigenvalue weighted by molar-refractivity contribution is 5.63. The van der Waals surface area contributed by atoms with Gasteiger partial charge in [0.1, 0.15) is 11.5 Å². The molecule has 0 amide bonds. The summed E-state index contributed by atoms with van der Waals surface area (Å²) < 4.78 is 5.43. The number of aromatic nitrogens is 1. The van der Waals surface area contributed by atoms with Crippen molar-refractivity contribution in [2.75, 3.05) is 5.73 Å². The fourth-order valence-electron chi connectivity index (χ4n) is 1.66. The summed E-state index contributed by atoms with van der Waals surface area (Å²) in [6.45, 7) is 6.19. The molecule has 3 heteroatoms. The number of aryl methyl sites for hydroxylation is 1. The standard InChI is InChI=1S/C13H16N2O/c1-8(2)12-11(15-13(14)16-12)10-6-4-9(3)5-7-10/h4-8H,1-3H3,(H2,14,15). The number of rotatable bonds is 2. The highest BCUT2D eigenvalue weighted by Gasteiger charge is 2.16. The molecule has 1 heterocycles. The molecular weight excluding hydrogens is 200 g/mol. The fourth-order valence-corrected chi connectivity index (χ4v) is 1.66. The lowest BCUT2D eigenvalue weighted by atomic mass is 10.0. The number of hydrogen-bond donors (Lipinski definition) is 1. The van der Waals surface area contributed by atoms with Crippen LogP contribution < -0.4 is 5.73 Å². The fraction of sp³-hybridized carbons (Fsp3) is 0.308. The minimum atomic E-state index is 0.235. The van der Waals surface area contributed by atoms with Crippen LogP contribution in [-0.4, -0.2) is 4.98 Å². The van der Waals surface area contributed by atoms with Crippen molar-refractivity contribution in [1.29, 1.82) is 0 Å². The molecule has 0 saturated heterocycles. The van der Waals surface area contributed by atoms with Crippen molar-refractivity contribution in [3.63, 3.8) is 0 Å². The Bertz CT molecular complexity index is 483. The zero-order chi connectivity index (χ0) is 11.7. The number of hydrogen-bond acceptors (Lipinski definition) is 3. The quantitative estimate of drug-likeness (QED) is 0.837. The van der Waals surface area contributed by atoms with Gasteiger partial charge in [0.2, 0.25) is 0 Å². The van der Waals surface area contributed by atoms with Crippen LogP contribution in [0.4, 0.5) is 6.01 Å². The van der Waals surface area contributed by atoms with Crippen molar-refractivity contribution >= 4 is 6.01 Å². The molecule has 1 aromatic heterocycles. The van der Waals surface area contributed by atoms with Crippen LogP contribution in [-0.2, 0) is 0 Å². The van der Waals surface area contributed by atoms with Crippen LogP contribution in [0.5, 0.6) is 0 Å². The molecule has 84 valence electrons. The normalized spacial score (nSPS) is 11.0. The molecule has 0 atom stereocenters. The summed E-state index contributed by atoms with van der Waals surface area (Å²) in [5, 5.41) is 0. The monoisotopic (exact) mass is 216 g/mol. The summed E-state index contributed by atoms with van der Waals surface area (Å²) in [5.74, 6) is 1.13. The summed E-state index contributed by atoms with van der Waals surface area (Å²) in [5.41, 5.74) is 8.74. The largest absolute Gasteiger partial charge is 0.428 e. The van der Waals surface area contributed by atoms with Crippen LogP contribution in [0.15, 0.2) is 28.7 Å². The van der Waals surface area contributed by atoms with Gasteiger partial charge >= 0.3 is 0 Å². The smallest absolute Gasteiger partial charge is 0.292 e. The van der Waals surface area contributed by atoms with E-state index in [9.17, 15) is 0 Å².